The zero-order chi connectivity index (χ0) is 36.2. The van der Waals surface area contributed by atoms with E-state index in [9.17, 15) is 37.5 Å². The number of nitrogens with two attached hydrogens (primary N) is 1. The molecule has 0 fully saturated rings. The minimum atomic E-state index is -5.08. The van der Waals surface area contributed by atoms with Gasteiger partial charge in [-0.25, -0.2) is 14.6 Å². The number of pyridine rings is 1. The summed E-state index contributed by atoms with van der Waals surface area (Å²) in [5.41, 5.74) is 7.73. The number of aliphatic carboxylic acids is 2. The van der Waals surface area contributed by atoms with E-state index in [0.717, 1.165) is 11.1 Å². The van der Waals surface area contributed by atoms with Crippen molar-refractivity contribution in [2.45, 2.75) is 56.8 Å². The number of primary amides is 1. The number of carbonyl (C=O) groups is 5. The molecule has 2 atom stereocenters. The summed E-state index contributed by atoms with van der Waals surface area (Å²) in [6.45, 7) is 0.867. The number of carboxylic acids is 2. The summed E-state index contributed by atoms with van der Waals surface area (Å²) >= 11 is 0. The third kappa shape index (κ3) is 16.1. The lowest BCUT2D eigenvalue weighted by Gasteiger charge is -2.23. The van der Waals surface area contributed by atoms with E-state index in [1.807, 2.05) is 60.7 Å². The number of amides is 4. The van der Waals surface area contributed by atoms with Crippen molar-refractivity contribution in [3.05, 3.63) is 84.6 Å². The lowest BCUT2D eigenvalue weighted by atomic mass is 9.98. The SMILES string of the molecule is NC(=O)NCCCC[C@H](NC(=O)CCCNc1ccccn1)C(=O)NC(CC(=O)O)c1ccc(-c2ccccc2)cc1.O=C(O)C(F)(F)F. The van der Waals surface area contributed by atoms with Gasteiger partial charge in [0.15, 0.2) is 0 Å². The molecule has 8 N–H and O–H groups in total. The number of carbonyl (C=O) groups excluding carboxylic acids is 3. The molecule has 3 aromatic rings. The molecule has 1 heterocycles. The van der Waals surface area contributed by atoms with Crippen molar-refractivity contribution in [1.82, 2.24) is 20.9 Å². The Balaban J connectivity index is 0.00000107. The van der Waals surface area contributed by atoms with Gasteiger partial charge in [-0.05, 0) is 54.5 Å². The lowest BCUT2D eigenvalue weighted by Crippen LogP contribution is -2.48. The zero-order valence-electron chi connectivity index (χ0n) is 26.4. The van der Waals surface area contributed by atoms with Crippen molar-refractivity contribution >= 4 is 35.6 Å². The van der Waals surface area contributed by atoms with Crippen LogP contribution in [0.1, 0.15) is 50.1 Å². The fourth-order valence-electron chi connectivity index (χ4n) is 4.39. The molecular formula is C33H39F3N6O7. The molecule has 49 heavy (non-hydrogen) atoms. The van der Waals surface area contributed by atoms with Crippen LogP contribution in [0.2, 0.25) is 0 Å². The Morgan fingerprint density at radius 3 is 2.00 bits per heavy atom. The van der Waals surface area contributed by atoms with Crippen LogP contribution in [0.3, 0.4) is 0 Å². The molecule has 0 radical (unpaired) electrons. The summed E-state index contributed by atoms with van der Waals surface area (Å²) in [4.78, 5) is 61.8. The number of hydrogen-bond acceptors (Lipinski definition) is 7. The topological polar surface area (TPSA) is 213 Å². The summed E-state index contributed by atoms with van der Waals surface area (Å²) in [6.07, 6.45) is -1.64. The summed E-state index contributed by atoms with van der Waals surface area (Å²) in [5, 5.41) is 27.9. The van der Waals surface area contributed by atoms with E-state index >= 15 is 0 Å². The monoisotopic (exact) mass is 688 g/mol. The third-order valence-electron chi connectivity index (χ3n) is 6.78. The molecule has 264 valence electrons. The maximum absolute atomic E-state index is 13.4. The van der Waals surface area contributed by atoms with Gasteiger partial charge in [0.2, 0.25) is 11.8 Å². The fourth-order valence-corrected chi connectivity index (χ4v) is 4.39. The average molecular weight is 689 g/mol. The van der Waals surface area contributed by atoms with E-state index in [4.69, 9.17) is 15.6 Å². The van der Waals surface area contributed by atoms with Crippen LogP contribution in [-0.2, 0) is 19.2 Å². The third-order valence-corrected chi connectivity index (χ3v) is 6.78. The standard InChI is InChI=1S/C31H38N6O5.C2HF3O2/c32-31(42)35-19-6-4-11-25(36-28(38)13-8-20-34-27-12-5-7-18-33-27)30(41)37-26(21-29(39)40)24-16-14-23(15-17-24)22-9-2-1-3-10-22;3-2(4,5)1(6)7/h1-3,5,7,9-10,12,14-18,25-26H,4,6,8,11,13,19-21H2,(H,33,34)(H,36,38)(H,37,41)(H,39,40)(H3,32,35,42);(H,6,7)/t25-,26?;/m0./s1. The second-order valence-corrected chi connectivity index (χ2v) is 10.6. The second-order valence-electron chi connectivity index (χ2n) is 10.6. The number of urea groups is 1. The van der Waals surface area contributed by atoms with Gasteiger partial charge < -0.3 is 37.2 Å². The molecule has 13 nitrogen and oxygen atoms in total. The van der Waals surface area contributed by atoms with E-state index in [2.05, 4.69) is 26.3 Å². The van der Waals surface area contributed by atoms with E-state index in [1.54, 1.807) is 18.3 Å². The highest BCUT2D eigenvalue weighted by atomic mass is 19.4. The van der Waals surface area contributed by atoms with Crippen LogP contribution in [0.5, 0.6) is 0 Å². The molecule has 0 bridgehead atoms. The Kier molecular flexibility index (Phi) is 16.6. The average Bonchev–Trinajstić information content (AvgIpc) is 3.06. The van der Waals surface area contributed by atoms with Crippen molar-refractivity contribution in [1.29, 1.82) is 0 Å². The van der Waals surface area contributed by atoms with Crippen LogP contribution in [0.15, 0.2) is 79.0 Å². The molecule has 0 saturated heterocycles. The second kappa shape index (κ2) is 20.5. The van der Waals surface area contributed by atoms with E-state index < -0.39 is 42.1 Å². The van der Waals surface area contributed by atoms with Gasteiger partial charge in [-0.2, -0.15) is 13.2 Å². The minimum absolute atomic E-state index is 0.187. The number of halogens is 3. The van der Waals surface area contributed by atoms with E-state index in [0.29, 0.717) is 50.2 Å². The maximum Gasteiger partial charge on any atom is 0.490 e. The molecule has 1 unspecified atom stereocenters. The van der Waals surface area contributed by atoms with Crippen LogP contribution < -0.4 is 27.0 Å². The molecule has 0 aliphatic heterocycles. The summed E-state index contributed by atoms with van der Waals surface area (Å²) in [5.74, 6) is -3.88. The first-order valence-electron chi connectivity index (χ1n) is 15.2. The number of nitrogens with zero attached hydrogens (tertiary/aromatic N) is 1. The summed E-state index contributed by atoms with van der Waals surface area (Å²) in [7, 11) is 0. The van der Waals surface area contributed by atoms with Gasteiger partial charge in [0.25, 0.3) is 0 Å². The predicted molar refractivity (Wildman–Crippen MR) is 174 cm³/mol. The van der Waals surface area contributed by atoms with Crippen LogP contribution in [0, 0.1) is 0 Å². The van der Waals surface area contributed by atoms with Crippen LogP contribution >= 0.6 is 0 Å². The Labute approximate surface area is 280 Å². The quantitative estimate of drug-likeness (QED) is 0.101. The molecular weight excluding hydrogens is 649 g/mol. The van der Waals surface area contributed by atoms with Gasteiger partial charge in [-0.1, -0.05) is 60.7 Å². The molecule has 2 aromatic carbocycles. The van der Waals surface area contributed by atoms with Crippen molar-refractivity contribution in [3.63, 3.8) is 0 Å². The van der Waals surface area contributed by atoms with Crippen LogP contribution in [0.25, 0.3) is 11.1 Å². The number of benzene rings is 2. The van der Waals surface area contributed by atoms with Crippen molar-refractivity contribution < 1.29 is 47.4 Å². The number of carboxylic acid groups (broad SMARTS) is 2. The number of anilines is 1. The molecule has 0 aliphatic carbocycles. The largest absolute Gasteiger partial charge is 0.490 e. The molecule has 16 heteroatoms. The lowest BCUT2D eigenvalue weighted by molar-refractivity contribution is -0.192. The first kappa shape index (κ1) is 39.5. The van der Waals surface area contributed by atoms with Gasteiger partial charge in [-0.15, -0.1) is 0 Å². The van der Waals surface area contributed by atoms with Crippen LogP contribution in [0.4, 0.5) is 23.8 Å². The number of aromatic nitrogens is 1. The Morgan fingerprint density at radius 1 is 0.796 bits per heavy atom. The first-order valence-corrected chi connectivity index (χ1v) is 15.2. The maximum atomic E-state index is 13.4. The molecule has 4 amide bonds. The smallest absolute Gasteiger partial charge is 0.481 e. The number of unbranched alkanes of at least 4 members (excludes halogenated alkanes) is 1. The van der Waals surface area contributed by atoms with Crippen LogP contribution in [-0.4, -0.2) is 70.3 Å². The fraction of sp³-hybridized carbons (Fsp3) is 0.333. The Morgan fingerprint density at radius 2 is 1.43 bits per heavy atom. The number of nitrogens with one attached hydrogen (secondary N) is 4. The molecule has 0 aliphatic rings. The molecule has 1 aromatic heterocycles. The van der Waals surface area contributed by atoms with Gasteiger partial charge in [0, 0.05) is 25.7 Å². The molecule has 0 saturated carbocycles. The van der Waals surface area contributed by atoms with Gasteiger partial charge in [0.05, 0.1) is 12.5 Å². The van der Waals surface area contributed by atoms with E-state index in [1.165, 1.54) is 0 Å². The summed E-state index contributed by atoms with van der Waals surface area (Å²) in [6, 6.07) is 20.3. The highest BCUT2D eigenvalue weighted by Gasteiger charge is 2.38. The number of hydrogen-bond donors (Lipinski definition) is 7. The molecule has 0 spiro atoms. The van der Waals surface area contributed by atoms with Crippen molar-refractivity contribution in [3.8, 4) is 11.1 Å². The van der Waals surface area contributed by atoms with Gasteiger partial charge in [0.1, 0.15) is 11.9 Å². The van der Waals surface area contributed by atoms with Gasteiger partial charge >= 0.3 is 24.1 Å². The van der Waals surface area contributed by atoms with Gasteiger partial charge in [-0.3, -0.25) is 14.4 Å². The Hall–Kier alpha value is -5.67. The first-order chi connectivity index (χ1) is 23.3. The minimum Gasteiger partial charge on any atom is -0.481 e. The zero-order valence-corrected chi connectivity index (χ0v) is 26.4. The van der Waals surface area contributed by atoms with Crippen molar-refractivity contribution in [2.24, 2.45) is 5.73 Å². The molecule has 3 rings (SSSR count). The van der Waals surface area contributed by atoms with Crippen molar-refractivity contribution in [2.75, 3.05) is 18.4 Å². The Bertz CT molecular complexity index is 1490. The number of rotatable bonds is 17. The predicted octanol–water partition coefficient (Wildman–Crippen LogP) is 4.23. The highest BCUT2D eigenvalue weighted by molar-refractivity contribution is 5.88. The normalized spacial score (nSPS) is 11.9. The summed E-state index contributed by atoms with van der Waals surface area (Å²) < 4.78 is 31.7. The number of alkyl halides is 3. The highest BCUT2D eigenvalue weighted by Crippen LogP contribution is 2.24. The van der Waals surface area contributed by atoms with E-state index in [-0.39, 0.29) is 18.7 Å².